The SMILES string of the molecule is CC#CCCC(NCCC)c1cccc2c1OCCO2. The van der Waals surface area contributed by atoms with E-state index in [4.69, 9.17) is 9.47 Å². The van der Waals surface area contributed by atoms with E-state index in [1.807, 2.05) is 19.1 Å². The predicted octanol–water partition coefficient (Wildman–Crippen LogP) is 3.30. The molecule has 2 rings (SSSR count). The number of fused-ring (bicyclic) bond motifs is 1. The second-order valence-electron chi connectivity index (χ2n) is 4.84. The number of hydrogen-bond donors (Lipinski definition) is 1. The summed E-state index contributed by atoms with van der Waals surface area (Å²) >= 11 is 0. The van der Waals surface area contributed by atoms with Gasteiger partial charge in [0, 0.05) is 18.0 Å². The van der Waals surface area contributed by atoms with Crippen molar-refractivity contribution < 1.29 is 9.47 Å². The molecule has 108 valence electrons. The van der Waals surface area contributed by atoms with Crippen molar-refractivity contribution in [2.24, 2.45) is 0 Å². The largest absolute Gasteiger partial charge is 0.486 e. The highest BCUT2D eigenvalue weighted by atomic mass is 16.6. The first-order valence-electron chi connectivity index (χ1n) is 7.38. The quantitative estimate of drug-likeness (QED) is 0.807. The van der Waals surface area contributed by atoms with Crippen molar-refractivity contribution >= 4 is 0 Å². The Morgan fingerprint density at radius 3 is 2.95 bits per heavy atom. The Labute approximate surface area is 121 Å². The van der Waals surface area contributed by atoms with Crippen LogP contribution in [-0.2, 0) is 0 Å². The lowest BCUT2D eigenvalue weighted by Gasteiger charge is -2.25. The van der Waals surface area contributed by atoms with Gasteiger partial charge in [0.05, 0.1) is 0 Å². The standard InChI is InChI=1S/C17H23NO2/c1-3-5-6-9-15(18-11-4-2)14-8-7-10-16-17(14)20-13-12-19-16/h7-8,10,15,18H,4,6,9,11-13H2,1-2H3. The molecular weight excluding hydrogens is 250 g/mol. The summed E-state index contributed by atoms with van der Waals surface area (Å²) in [6.45, 7) is 6.31. The third-order valence-electron chi connectivity index (χ3n) is 3.35. The highest BCUT2D eigenvalue weighted by molar-refractivity contribution is 5.49. The van der Waals surface area contributed by atoms with Crippen LogP contribution in [0, 0.1) is 11.8 Å². The molecular formula is C17H23NO2. The van der Waals surface area contributed by atoms with Crippen LogP contribution < -0.4 is 14.8 Å². The Balaban J connectivity index is 2.19. The smallest absolute Gasteiger partial charge is 0.166 e. The highest BCUT2D eigenvalue weighted by Crippen LogP contribution is 2.38. The molecule has 0 spiro atoms. The van der Waals surface area contributed by atoms with Crippen LogP contribution in [0.15, 0.2) is 18.2 Å². The molecule has 1 unspecified atom stereocenters. The molecule has 1 N–H and O–H groups in total. The van der Waals surface area contributed by atoms with Crippen LogP contribution in [-0.4, -0.2) is 19.8 Å². The average Bonchev–Trinajstić information content (AvgIpc) is 2.50. The topological polar surface area (TPSA) is 30.5 Å². The number of benzene rings is 1. The van der Waals surface area contributed by atoms with E-state index in [9.17, 15) is 0 Å². The second-order valence-corrected chi connectivity index (χ2v) is 4.84. The predicted molar refractivity (Wildman–Crippen MR) is 81.2 cm³/mol. The van der Waals surface area contributed by atoms with Crippen LogP contribution in [0.3, 0.4) is 0 Å². The molecule has 0 aliphatic carbocycles. The summed E-state index contributed by atoms with van der Waals surface area (Å²) in [7, 11) is 0. The second kappa shape index (κ2) is 7.81. The van der Waals surface area contributed by atoms with Crippen molar-refractivity contribution in [3.63, 3.8) is 0 Å². The van der Waals surface area contributed by atoms with Crippen molar-refractivity contribution in [1.82, 2.24) is 5.32 Å². The van der Waals surface area contributed by atoms with Gasteiger partial charge in [-0.25, -0.2) is 0 Å². The summed E-state index contributed by atoms with van der Waals surface area (Å²) in [5.41, 5.74) is 1.19. The Hall–Kier alpha value is -1.66. The molecule has 1 atom stereocenters. The average molecular weight is 273 g/mol. The lowest BCUT2D eigenvalue weighted by atomic mass is 10.00. The van der Waals surface area contributed by atoms with E-state index in [0.717, 1.165) is 37.3 Å². The first-order valence-corrected chi connectivity index (χ1v) is 7.38. The maximum atomic E-state index is 5.82. The molecule has 0 radical (unpaired) electrons. The van der Waals surface area contributed by atoms with Crippen LogP contribution in [0.4, 0.5) is 0 Å². The molecule has 0 amide bonds. The molecule has 0 bridgehead atoms. The lowest BCUT2D eigenvalue weighted by molar-refractivity contribution is 0.168. The molecule has 3 nitrogen and oxygen atoms in total. The van der Waals surface area contributed by atoms with Crippen LogP contribution in [0.5, 0.6) is 11.5 Å². The Kier molecular flexibility index (Phi) is 5.76. The van der Waals surface area contributed by atoms with Gasteiger partial charge in [-0.1, -0.05) is 19.1 Å². The molecule has 1 aromatic carbocycles. The van der Waals surface area contributed by atoms with Gasteiger partial charge in [0.2, 0.25) is 0 Å². The van der Waals surface area contributed by atoms with Crippen molar-refractivity contribution in [2.45, 2.75) is 39.2 Å². The van der Waals surface area contributed by atoms with Gasteiger partial charge in [0.25, 0.3) is 0 Å². The first kappa shape index (κ1) is 14.7. The maximum absolute atomic E-state index is 5.82. The third kappa shape index (κ3) is 3.68. The first-order chi connectivity index (χ1) is 9.86. The van der Waals surface area contributed by atoms with Gasteiger partial charge < -0.3 is 14.8 Å². The van der Waals surface area contributed by atoms with E-state index in [-0.39, 0.29) is 6.04 Å². The van der Waals surface area contributed by atoms with Gasteiger partial charge in [-0.2, -0.15) is 0 Å². The zero-order valence-electron chi connectivity index (χ0n) is 12.4. The number of nitrogens with one attached hydrogen (secondary N) is 1. The summed E-state index contributed by atoms with van der Waals surface area (Å²) < 4.78 is 11.5. The van der Waals surface area contributed by atoms with Crippen LogP contribution >= 0.6 is 0 Å². The highest BCUT2D eigenvalue weighted by Gasteiger charge is 2.21. The fraction of sp³-hybridized carbons (Fsp3) is 0.529. The van der Waals surface area contributed by atoms with Crippen molar-refractivity contribution in [2.75, 3.05) is 19.8 Å². The molecule has 1 heterocycles. The molecule has 1 aliphatic rings. The Morgan fingerprint density at radius 1 is 1.30 bits per heavy atom. The fourth-order valence-electron chi connectivity index (χ4n) is 2.40. The molecule has 3 heteroatoms. The van der Waals surface area contributed by atoms with Gasteiger partial charge in [0.1, 0.15) is 13.2 Å². The Morgan fingerprint density at radius 2 is 2.15 bits per heavy atom. The van der Waals surface area contributed by atoms with E-state index in [1.165, 1.54) is 5.56 Å². The van der Waals surface area contributed by atoms with Crippen molar-refractivity contribution in [3.8, 4) is 23.3 Å². The summed E-state index contributed by atoms with van der Waals surface area (Å²) in [6, 6.07) is 6.41. The molecule has 1 aliphatic heterocycles. The molecule has 0 saturated heterocycles. The monoisotopic (exact) mass is 273 g/mol. The van der Waals surface area contributed by atoms with E-state index in [0.29, 0.717) is 13.2 Å². The van der Waals surface area contributed by atoms with Gasteiger partial charge in [-0.05, 0) is 32.4 Å². The van der Waals surface area contributed by atoms with Gasteiger partial charge in [-0.15, -0.1) is 11.8 Å². The Bertz CT molecular complexity index is 487. The van der Waals surface area contributed by atoms with E-state index >= 15 is 0 Å². The summed E-state index contributed by atoms with van der Waals surface area (Å²) in [6.07, 6.45) is 2.99. The van der Waals surface area contributed by atoms with Crippen molar-refractivity contribution in [3.05, 3.63) is 23.8 Å². The summed E-state index contributed by atoms with van der Waals surface area (Å²) in [4.78, 5) is 0. The van der Waals surface area contributed by atoms with E-state index < -0.39 is 0 Å². The summed E-state index contributed by atoms with van der Waals surface area (Å²) in [5.74, 6) is 7.86. The number of para-hydroxylation sites is 1. The minimum absolute atomic E-state index is 0.271. The van der Waals surface area contributed by atoms with E-state index in [2.05, 4.69) is 30.1 Å². The van der Waals surface area contributed by atoms with Gasteiger partial charge in [-0.3, -0.25) is 0 Å². The van der Waals surface area contributed by atoms with Crippen LogP contribution in [0.2, 0.25) is 0 Å². The molecule has 20 heavy (non-hydrogen) atoms. The van der Waals surface area contributed by atoms with Crippen LogP contribution in [0.25, 0.3) is 0 Å². The van der Waals surface area contributed by atoms with E-state index in [1.54, 1.807) is 0 Å². The summed E-state index contributed by atoms with van der Waals surface area (Å²) in [5, 5.41) is 3.59. The van der Waals surface area contributed by atoms with Gasteiger partial charge in [0.15, 0.2) is 11.5 Å². The fourth-order valence-corrected chi connectivity index (χ4v) is 2.40. The number of ether oxygens (including phenoxy) is 2. The molecule has 0 aromatic heterocycles. The molecule has 1 aromatic rings. The third-order valence-corrected chi connectivity index (χ3v) is 3.35. The normalized spacial score (nSPS) is 14.3. The number of rotatable bonds is 6. The lowest BCUT2D eigenvalue weighted by Crippen LogP contribution is -2.24. The minimum atomic E-state index is 0.271. The zero-order valence-corrected chi connectivity index (χ0v) is 12.4. The van der Waals surface area contributed by atoms with Gasteiger partial charge >= 0.3 is 0 Å². The van der Waals surface area contributed by atoms with Crippen LogP contribution in [0.1, 0.15) is 44.7 Å². The minimum Gasteiger partial charge on any atom is -0.486 e. The maximum Gasteiger partial charge on any atom is 0.166 e. The number of hydrogen-bond acceptors (Lipinski definition) is 3. The van der Waals surface area contributed by atoms with Crippen molar-refractivity contribution in [1.29, 1.82) is 0 Å². The molecule has 0 saturated carbocycles. The zero-order chi connectivity index (χ0) is 14.2. The molecule has 0 fully saturated rings.